The molecule has 1 aromatic rings. The highest BCUT2D eigenvalue weighted by Gasteiger charge is 2.51. The van der Waals surface area contributed by atoms with Crippen LogP contribution in [0, 0.1) is 29.4 Å². The quantitative estimate of drug-likeness (QED) is 0.837. The molecule has 1 aromatic carbocycles. The molecule has 4 aliphatic carbocycles. The lowest BCUT2D eigenvalue weighted by Crippen LogP contribution is -2.60. The second kappa shape index (κ2) is 5.76. The van der Waals surface area contributed by atoms with Crippen molar-refractivity contribution in [2.24, 2.45) is 17.8 Å². The summed E-state index contributed by atoms with van der Waals surface area (Å²) in [7, 11) is 0. The van der Waals surface area contributed by atoms with Gasteiger partial charge in [0.05, 0.1) is 5.75 Å². The van der Waals surface area contributed by atoms with Crippen molar-refractivity contribution >= 4 is 17.7 Å². The second-order valence-electron chi connectivity index (χ2n) is 7.61. The Morgan fingerprint density at radius 1 is 1.13 bits per heavy atom. The molecule has 0 atom stereocenters. The van der Waals surface area contributed by atoms with E-state index in [4.69, 9.17) is 0 Å². The van der Waals surface area contributed by atoms with Crippen LogP contribution in [-0.4, -0.2) is 17.2 Å². The molecule has 4 saturated carbocycles. The average Bonchev–Trinajstić information content (AvgIpc) is 2.46. The molecule has 0 aromatic heterocycles. The maximum atomic E-state index is 13.6. The Morgan fingerprint density at radius 2 is 1.74 bits per heavy atom. The number of hydrogen-bond donors (Lipinski definition) is 1. The first-order valence-corrected chi connectivity index (χ1v) is 9.39. The van der Waals surface area contributed by atoms with Crippen LogP contribution in [0.3, 0.4) is 0 Å². The van der Waals surface area contributed by atoms with Crippen LogP contribution in [0.4, 0.5) is 8.78 Å². The lowest BCUT2D eigenvalue weighted by atomic mass is 9.53. The van der Waals surface area contributed by atoms with E-state index >= 15 is 0 Å². The minimum atomic E-state index is -0.476. The molecule has 5 rings (SSSR count). The molecule has 1 amide bonds. The largest absolute Gasteiger partial charge is 0.350 e. The van der Waals surface area contributed by atoms with Gasteiger partial charge in [-0.25, -0.2) is 8.78 Å². The SMILES string of the molecule is O=C(CSc1cc(F)ccc1F)NC12CC3CC(CC(C3)C1)C2. The number of halogens is 2. The number of nitrogens with one attached hydrogen (secondary N) is 1. The van der Waals surface area contributed by atoms with Gasteiger partial charge in [0.2, 0.25) is 5.91 Å². The molecule has 2 nitrogen and oxygen atoms in total. The first-order chi connectivity index (χ1) is 11.0. The molecule has 0 radical (unpaired) electrons. The molecule has 5 heteroatoms. The van der Waals surface area contributed by atoms with Crippen LogP contribution >= 0.6 is 11.8 Å². The Morgan fingerprint density at radius 3 is 2.35 bits per heavy atom. The Balaban J connectivity index is 1.38. The third kappa shape index (κ3) is 3.12. The molecule has 4 aliphatic rings. The summed E-state index contributed by atoms with van der Waals surface area (Å²) >= 11 is 1.07. The van der Waals surface area contributed by atoms with Gasteiger partial charge in [0.15, 0.2) is 0 Å². The van der Waals surface area contributed by atoms with Gasteiger partial charge in [-0.15, -0.1) is 11.8 Å². The van der Waals surface area contributed by atoms with E-state index in [9.17, 15) is 13.6 Å². The fraction of sp³-hybridized carbons (Fsp3) is 0.611. The zero-order valence-corrected chi connectivity index (χ0v) is 13.8. The number of amides is 1. The number of rotatable bonds is 4. The molecule has 23 heavy (non-hydrogen) atoms. The van der Waals surface area contributed by atoms with E-state index in [2.05, 4.69) is 5.32 Å². The minimum absolute atomic E-state index is 0.0210. The van der Waals surface area contributed by atoms with Crippen molar-refractivity contribution in [1.82, 2.24) is 5.32 Å². The number of thioether (sulfide) groups is 1. The Labute approximate surface area is 139 Å². The van der Waals surface area contributed by atoms with Gasteiger partial charge < -0.3 is 5.32 Å². The predicted molar refractivity (Wildman–Crippen MR) is 86.1 cm³/mol. The van der Waals surface area contributed by atoms with Crippen molar-refractivity contribution in [1.29, 1.82) is 0 Å². The maximum Gasteiger partial charge on any atom is 0.230 e. The number of hydrogen-bond acceptors (Lipinski definition) is 2. The summed E-state index contributed by atoms with van der Waals surface area (Å²) < 4.78 is 26.8. The molecule has 1 N–H and O–H groups in total. The zero-order valence-electron chi connectivity index (χ0n) is 13.0. The molecule has 4 bridgehead atoms. The molecule has 124 valence electrons. The molecule has 0 unspecified atom stereocenters. The van der Waals surface area contributed by atoms with Crippen LogP contribution in [0.2, 0.25) is 0 Å². The van der Waals surface area contributed by atoms with E-state index in [0.717, 1.165) is 67.0 Å². The first-order valence-electron chi connectivity index (χ1n) is 8.40. The number of carbonyl (C=O) groups excluding carboxylic acids is 1. The summed E-state index contributed by atoms with van der Waals surface area (Å²) in [5.74, 6) is 1.46. The summed E-state index contributed by atoms with van der Waals surface area (Å²) in [6.07, 6.45) is 7.30. The predicted octanol–water partition coefficient (Wildman–Crippen LogP) is 4.14. The maximum absolute atomic E-state index is 13.6. The molecular formula is C18H21F2NOS. The number of carbonyl (C=O) groups is 1. The van der Waals surface area contributed by atoms with Gasteiger partial charge in [0.1, 0.15) is 11.6 Å². The highest BCUT2D eigenvalue weighted by molar-refractivity contribution is 8.00. The van der Waals surface area contributed by atoms with Crippen molar-refractivity contribution in [3.8, 4) is 0 Å². The van der Waals surface area contributed by atoms with Crippen LogP contribution in [0.1, 0.15) is 38.5 Å². The van der Waals surface area contributed by atoms with Crippen LogP contribution in [0.25, 0.3) is 0 Å². The molecule has 0 saturated heterocycles. The van der Waals surface area contributed by atoms with Gasteiger partial charge in [0, 0.05) is 10.4 Å². The summed E-state index contributed by atoms with van der Waals surface area (Å²) in [5.41, 5.74) is -0.0210. The summed E-state index contributed by atoms with van der Waals surface area (Å²) in [4.78, 5) is 12.5. The molecule has 0 aliphatic heterocycles. The van der Waals surface area contributed by atoms with Crippen LogP contribution in [-0.2, 0) is 4.79 Å². The monoisotopic (exact) mass is 337 g/mol. The first kappa shape index (κ1) is 15.4. The summed E-state index contributed by atoms with van der Waals surface area (Å²) in [6.45, 7) is 0. The fourth-order valence-corrected chi connectivity index (χ4v) is 6.09. The Bertz CT molecular complexity index is 598. The molecule has 4 fully saturated rings. The van der Waals surface area contributed by atoms with Crippen molar-refractivity contribution in [3.05, 3.63) is 29.8 Å². The van der Waals surface area contributed by atoms with Crippen molar-refractivity contribution < 1.29 is 13.6 Å². The second-order valence-corrected chi connectivity index (χ2v) is 8.63. The van der Waals surface area contributed by atoms with Crippen molar-refractivity contribution in [2.45, 2.75) is 49.0 Å². The van der Waals surface area contributed by atoms with Gasteiger partial charge >= 0.3 is 0 Å². The van der Waals surface area contributed by atoms with E-state index in [1.54, 1.807) is 0 Å². The minimum Gasteiger partial charge on any atom is -0.350 e. The summed E-state index contributed by atoms with van der Waals surface area (Å²) in [6, 6.07) is 3.35. The Hall–Kier alpha value is -1.10. The standard InChI is InChI=1S/C18H21F2NOS/c19-14-1-2-15(20)16(6-14)23-10-17(22)21-18-7-11-3-12(8-18)5-13(4-11)9-18/h1-2,6,11-13H,3-5,7-10H2,(H,21,22). The third-order valence-corrected chi connectivity index (χ3v) is 6.73. The van der Waals surface area contributed by atoms with E-state index in [-0.39, 0.29) is 22.1 Å². The van der Waals surface area contributed by atoms with Crippen LogP contribution in [0.15, 0.2) is 23.1 Å². The Kier molecular flexibility index (Phi) is 3.87. The lowest BCUT2D eigenvalue weighted by molar-refractivity contribution is -0.124. The van der Waals surface area contributed by atoms with E-state index < -0.39 is 11.6 Å². The molecule has 0 spiro atoms. The van der Waals surface area contributed by atoms with Crippen LogP contribution < -0.4 is 5.32 Å². The van der Waals surface area contributed by atoms with Crippen molar-refractivity contribution in [3.63, 3.8) is 0 Å². The fourth-order valence-electron chi connectivity index (χ4n) is 5.33. The van der Waals surface area contributed by atoms with Gasteiger partial charge in [-0.3, -0.25) is 4.79 Å². The van der Waals surface area contributed by atoms with E-state index in [1.807, 2.05) is 0 Å². The summed E-state index contributed by atoms with van der Waals surface area (Å²) in [5, 5.41) is 3.25. The van der Waals surface area contributed by atoms with E-state index in [1.165, 1.54) is 19.3 Å². The molecule has 0 heterocycles. The van der Waals surface area contributed by atoms with Crippen LogP contribution in [0.5, 0.6) is 0 Å². The van der Waals surface area contributed by atoms with Gasteiger partial charge in [-0.2, -0.15) is 0 Å². The van der Waals surface area contributed by atoms with E-state index in [0.29, 0.717) is 0 Å². The van der Waals surface area contributed by atoms with Gasteiger partial charge in [-0.05, 0) is 74.5 Å². The normalized spacial score (nSPS) is 34.6. The smallest absolute Gasteiger partial charge is 0.230 e. The lowest BCUT2D eigenvalue weighted by Gasteiger charge is -2.56. The topological polar surface area (TPSA) is 29.1 Å². The highest BCUT2D eigenvalue weighted by Crippen LogP contribution is 2.55. The highest BCUT2D eigenvalue weighted by atomic mass is 32.2. The zero-order chi connectivity index (χ0) is 16.0. The third-order valence-electron chi connectivity index (χ3n) is 5.69. The van der Waals surface area contributed by atoms with Gasteiger partial charge in [0.25, 0.3) is 0 Å². The number of benzene rings is 1. The van der Waals surface area contributed by atoms with Gasteiger partial charge in [-0.1, -0.05) is 0 Å². The van der Waals surface area contributed by atoms with Crippen molar-refractivity contribution in [2.75, 3.05) is 5.75 Å². The average molecular weight is 337 g/mol. The molecular weight excluding hydrogens is 316 g/mol.